The molecule has 2 aliphatic carbocycles. The number of ketones is 1. The molecule has 1 unspecified atom stereocenters. The molecule has 1 atom stereocenters. The van der Waals surface area contributed by atoms with Crippen molar-refractivity contribution in [2.75, 3.05) is 7.11 Å². The van der Waals surface area contributed by atoms with Gasteiger partial charge in [0.1, 0.15) is 11.9 Å². The van der Waals surface area contributed by atoms with Gasteiger partial charge in [-0.2, -0.15) is 0 Å². The first kappa shape index (κ1) is 20.7. The van der Waals surface area contributed by atoms with Gasteiger partial charge < -0.3 is 14.8 Å². The van der Waals surface area contributed by atoms with Gasteiger partial charge in [0, 0.05) is 29.0 Å². The molecule has 0 bridgehead atoms. The van der Waals surface area contributed by atoms with E-state index in [1.54, 1.807) is 7.11 Å². The van der Waals surface area contributed by atoms with Crippen LogP contribution in [-0.4, -0.2) is 25.0 Å². The first-order chi connectivity index (χ1) is 14.3. The summed E-state index contributed by atoms with van der Waals surface area (Å²) in [4.78, 5) is 26.7. The Morgan fingerprint density at radius 1 is 1.13 bits per heavy atom. The predicted octanol–water partition coefficient (Wildman–Crippen LogP) is 4.79. The van der Waals surface area contributed by atoms with Gasteiger partial charge in [-0.3, -0.25) is 4.79 Å². The number of esters is 1. The third kappa shape index (κ3) is 3.78. The molecule has 0 aromatic heterocycles. The Morgan fingerprint density at radius 3 is 2.53 bits per heavy atom. The standard InChI is InChI=1S/C25H31NO4/c1-15-21(24(28)30-16-9-5-6-10-16)22(17-11-7-8-12-20(17)29-4)23-18(26-15)13-25(2,3)14-19(23)27/h7-8,11-12,16,22,26H,5-6,9-10,13-14H2,1-4H3. The Kier molecular flexibility index (Phi) is 5.48. The molecule has 5 nitrogen and oxygen atoms in total. The SMILES string of the molecule is COc1ccccc1C1C(C(=O)OC2CCCC2)=C(C)NC2=C1C(=O)CC(C)(C)C2. The molecule has 1 aromatic carbocycles. The number of nitrogens with one attached hydrogen (secondary N) is 1. The van der Waals surface area contributed by atoms with Gasteiger partial charge in [0.2, 0.25) is 0 Å². The highest BCUT2D eigenvalue weighted by atomic mass is 16.5. The molecule has 5 heteroatoms. The van der Waals surface area contributed by atoms with Crippen LogP contribution in [0.2, 0.25) is 0 Å². The second kappa shape index (κ2) is 7.93. The van der Waals surface area contributed by atoms with Crippen molar-refractivity contribution in [2.45, 2.75) is 71.3 Å². The zero-order valence-corrected chi connectivity index (χ0v) is 18.3. The molecule has 0 spiro atoms. The molecule has 160 valence electrons. The van der Waals surface area contributed by atoms with E-state index in [-0.39, 0.29) is 23.3 Å². The number of Topliss-reactive ketones (excluding diaryl/α,β-unsaturated/α-hetero) is 1. The van der Waals surface area contributed by atoms with Gasteiger partial charge in [0.15, 0.2) is 5.78 Å². The molecule has 3 aliphatic rings. The van der Waals surface area contributed by atoms with E-state index in [0.29, 0.717) is 23.3 Å². The van der Waals surface area contributed by atoms with Gasteiger partial charge in [-0.05, 0) is 50.5 Å². The van der Waals surface area contributed by atoms with Gasteiger partial charge in [-0.25, -0.2) is 4.79 Å². The summed E-state index contributed by atoms with van der Waals surface area (Å²) in [5.41, 5.74) is 3.61. The Bertz CT molecular complexity index is 934. The van der Waals surface area contributed by atoms with Crippen LogP contribution in [0, 0.1) is 5.41 Å². The number of hydrogen-bond acceptors (Lipinski definition) is 5. The minimum absolute atomic E-state index is 0.0347. The number of benzene rings is 1. The van der Waals surface area contributed by atoms with E-state index in [0.717, 1.165) is 49.1 Å². The summed E-state index contributed by atoms with van der Waals surface area (Å²) in [6, 6.07) is 7.65. The number of hydrogen-bond donors (Lipinski definition) is 1. The van der Waals surface area contributed by atoms with E-state index in [9.17, 15) is 9.59 Å². The first-order valence-electron chi connectivity index (χ1n) is 10.9. The number of allylic oxidation sites excluding steroid dienone is 3. The Labute approximate surface area is 178 Å². The third-order valence-corrected chi connectivity index (χ3v) is 6.49. The number of carbonyl (C=O) groups excluding carboxylic acids is 2. The van der Waals surface area contributed by atoms with Crippen LogP contribution >= 0.6 is 0 Å². The Balaban J connectivity index is 1.82. The van der Waals surface area contributed by atoms with Crippen LogP contribution in [0.25, 0.3) is 0 Å². The maximum absolute atomic E-state index is 13.4. The molecule has 0 radical (unpaired) electrons. The van der Waals surface area contributed by atoms with Crippen LogP contribution in [0.3, 0.4) is 0 Å². The lowest BCUT2D eigenvalue weighted by molar-refractivity contribution is -0.144. The van der Waals surface area contributed by atoms with Gasteiger partial charge in [-0.15, -0.1) is 0 Å². The number of carbonyl (C=O) groups is 2. The summed E-state index contributed by atoms with van der Waals surface area (Å²) < 4.78 is 11.5. The van der Waals surface area contributed by atoms with Crippen LogP contribution in [0.4, 0.5) is 0 Å². The van der Waals surface area contributed by atoms with Gasteiger partial charge >= 0.3 is 5.97 Å². The fourth-order valence-corrected chi connectivity index (χ4v) is 5.14. The zero-order chi connectivity index (χ0) is 21.5. The van der Waals surface area contributed by atoms with E-state index in [2.05, 4.69) is 19.2 Å². The van der Waals surface area contributed by atoms with Crippen LogP contribution in [-0.2, 0) is 14.3 Å². The maximum Gasteiger partial charge on any atom is 0.337 e. The molecular weight excluding hydrogens is 378 g/mol. The van der Waals surface area contributed by atoms with Crippen LogP contribution in [0.5, 0.6) is 5.75 Å². The fraction of sp³-hybridized carbons (Fsp3) is 0.520. The average molecular weight is 410 g/mol. The highest BCUT2D eigenvalue weighted by molar-refractivity contribution is 6.04. The molecule has 1 saturated carbocycles. The Hall–Kier alpha value is -2.56. The van der Waals surface area contributed by atoms with Crippen molar-refractivity contribution in [1.29, 1.82) is 0 Å². The summed E-state index contributed by atoms with van der Waals surface area (Å²) in [5.74, 6) is -0.0435. The molecule has 0 saturated heterocycles. The number of methoxy groups -OCH3 is 1. The minimum atomic E-state index is -0.477. The van der Waals surface area contributed by atoms with Crippen molar-refractivity contribution >= 4 is 11.8 Å². The molecular formula is C25H31NO4. The lowest BCUT2D eigenvalue weighted by Crippen LogP contribution is -2.39. The highest BCUT2D eigenvalue weighted by Crippen LogP contribution is 2.48. The van der Waals surface area contributed by atoms with E-state index in [1.807, 2.05) is 31.2 Å². The molecule has 1 aromatic rings. The fourth-order valence-electron chi connectivity index (χ4n) is 5.14. The van der Waals surface area contributed by atoms with Gasteiger partial charge in [0.05, 0.1) is 18.6 Å². The van der Waals surface area contributed by atoms with Crippen LogP contribution in [0.1, 0.15) is 70.8 Å². The summed E-state index contributed by atoms with van der Waals surface area (Å²) >= 11 is 0. The minimum Gasteiger partial charge on any atom is -0.496 e. The van der Waals surface area contributed by atoms with Gasteiger partial charge in [-0.1, -0.05) is 32.0 Å². The smallest absolute Gasteiger partial charge is 0.337 e. The normalized spacial score (nSPS) is 23.9. The Morgan fingerprint density at radius 2 is 1.83 bits per heavy atom. The maximum atomic E-state index is 13.4. The van der Waals surface area contributed by atoms with Crippen molar-refractivity contribution in [2.24, 2.45) is 5.41 Å². The molecule has 1 N–H and O–H groups in total. The molecule has 1 aliphatic heterocycles. The lowest BCUT2D eigenvalue weighted by atomic mass is 9.68. The second-order valence-electron chi connectivity index (χ2n) is 9.48. The molecule has 1 fully saturated rings. The molecule has 0 amide bonds. The molecule has 4 rings (SSSR count). The second-order valence-corrected chi connectivity index (χ2v) is 9.48. The van der Waals surface area contributed by atoms with Gasteiger partial charge in [0.25, 0.3) is 0 Å². The number of dihydropyridines is 1. The van der Waals surface area contributed by atoms with Crippen molar-refractivity contribution in [1.82, 2.24) is 5.32 Å². The number of para-hydroxylation sites is 1. The van der Waals surface area contributed by atoms with Crippen LogP contribution < -0.4 is 10.1 Å². The van der Waals surface area contributed by atoms with E-state index < -0.39 is 5.92 Å². The van der Waals surface area contributed by atoms with Crippen molar-refractivity contribution < 1.29 is 19.1 Å². The average Bonchev–Trinajstić information content (AvgIpc) is 3.18. The van der Waals surface area contributed by atoms with E-state index in [4.69, 9.17) is 9.47 Å². The quantitative estimate of drug-likeness (QED) is 0.725. The van der Waals surface area contributed by atoms with Crippen LogP contribution in [0.15, 0.2) is 46.8 Å². The summed E-state index contributed by atoms with van der Waals surface area (Å²) in [6.45, 7) is 6.12. The molecule has 1 heterocycles. The first-order valence-corrected chi connectivity index (χ1v) is 10.9. The topological polar surface area (TPSA) is 64.6 Å². The monoisotopic (exact) mass is 409 g/mol. The molecule has 30 heavy (non-hydrogen) atoms. The predicted molar refractivity (Wildman–Crippen MR) is 115 cm³/mol. The summed E-state index contributed by atoms with van der Waals surface area (Å²) in [5, 5.41) is 3.39. The number of rotatable bonds is 4. The summed E-state index contributed by atoms with van der Waals surface area (Å²) in [6.07, 6.45) is 5.19. The zero-order valence-electron chi connectivity index (χ0n) is 18.3. The summed E-state index contributed by atoms with van der Waals surface area (Å²) in [7, 11) is 1.62. The van der Waals surface area contributed by atoms with E-state index >= 15 is 0 Å². The van der Waals surface area contributed by atoms with E-state index in [1.165, 1.54) is 0 Å². The largest absolute Gasteiger partial charge is 0.496 e. The third-order valence-electron chi connectivity index (χ3n) is 6.49. The lowest BCUT2D eigenvalue weighted by Gasteiger charge is -2.39. The number of ether oxygens (including phenoxy) is 2. The van der Waals surface area contributed by atoms with Crippen molar-refractivity contribution in [3.05, 3.63) is 52.4 Å². The van der Waals surface area contributed by atoms with Crippen molar-refractivity contribution in [3.63, 3.8) is 0 Å². The highest BCUT2D eigenvalue weighted by Gasteiger charge is 2.44. The van der Waals surface area contributed by atoms with Crippen molar-refractivity contribution in [3.8, 4) is 5.75 Å².